The van der Waals surface area contributed by atoms with Crippen LogP contribution in [0.4, 0.5) is 8.78 Å². The summed E-state index contributed by atoms with van der Waals surface area (Å²) in [4.78, 5) is 6.73. The number of guanidine groups is 1. The van der Waals surface area contributed by atoms with Crippen molar-refractivity contribution in [1.82, 2.24) is 4.90 Å². The summed E-state index contributed by atoms with van der Waals surface area (Å²) in [6.07, 6.45) is 0.957. The van der Waals surface area contributed by atoms with Gasteiger partial charge in [0.2, 0.25) is 0 Å². The lowest BCUT2D eigenvalue weighted by atomic mass is 10.1. The van der Waals surface area contributed by atoms with E-state index in [0.29, 0.717) is 11.9 Å². The molecule has 0 spiro atoms. The number of alkyl halides is 2. The lowest BCUT2D eigenvalue weighted by Gasteiger charge is -2.27. The van der Waals surface area contributed by atoms with Gasteiger partial charge in [-0.3, -0.25) is 0 Å². The average molecular weight is 327 g/mol. The first-order valence-electron chi connectivity index (χ1n) is 7.34. The van der Waals surface area contributed by atoms with Crippen LogP contribution in [-0.2, 0) is 0 Å². The molecule has 3 rings (SSSR count). The molecule has 7 heteroatoms. The Balaban J connectivity index is 1.57. The number of rotatable bonds is 4. The van der Waals surface area contributed by atoms with Gasteiger partial charge in [0.15, 0.2) is 5.96 Å². The highest BCUT2D eigenvalue weighted by Gasteiger charge is 2.39. The minimum absolute atomic E-state index is 0.185. The molecule has 4 nitrogen and oxygen atoms in total. The first-order chi connectivity index (χ1) is 10.6. The first-order valence-corrected chi connectivity index (χ1v) is 8.49. The number of nitrogens with zero attached hydrogens (tertiary/aromatic N) is 2. The van der Waals surface area contributed by atoms with E-state index in [4.69, 9.17) is 5.73 Å². The smallest absolute Gasteiger partial charge is 0.387 e. The Hall–Kier alpha value is -1.50. The molecule has 2 aliphatic rings. The van der Waals surface area contributed by atoms with Crippen LogP contribution in [0.5, 0.6) is 5.75 Å². The number of thioether (sulfide) groups is 1. The molecule has 1 aliphatic carbocycles. The molecule has 22 heavy (non-hydrogen) atoms. The van der Waals surface area contributed by atoms with Crippen LogP contribution in [-0.4, -0.2) is 48.1 Å². The third-order valence-corrected chi connectivity index (χ3v) is 4.87. The summed E-state index contributed by atoms with van der Waals surface area (Å²) in [5, 5.41) is 0. The van der Waals surface area contributed by atoms with Gasteiger partial charge in [-0.2, -0.15) is 20.5 Å². The zero-order valence-electron chi connectivity index (χ0n) is 12.1. The molecule has 1 aromatic carbocycles. The number of hydrogen-bond donors (Lipinski definition) is 1. The van der Waals surface area contributed by atoms with Crippen molar-refractivity contribution in [3.8, 4) is 5.75 Å². The van der Waals surface area contributed by atoms with Gasteiger partial charge in [0, 0.05) is 30.5 Å². The fourth-order valence-electron chi connectivity index (χ4n) is 2.62. The molecule has 2 N–H and O–H groups in total. The number of ether oxygens (including phenoxy) is 1. The molecular weight excluding hydrogens is 308 g/mol. The second kappa shape index (κ2) is 6.73. The zero-order valence-corrected chi connectivity index (χ0v) is 12.9. The van der Waals surface area contributed by atoms with Crippen LogP contribution < -0.4 is 10.5 Å². The maximum Gasteiger partial charge on any atom is 0.387 e. The number of halogens is 2. The van der Waals surface area contributed by atoms with E-state index in [0.717, 1.165) is 36.6 Å². The van der Waals surface area contributed by atoms with E-state index in [1.165, 1.54) is 0 Å². The summed E-state index contributed by atoms with van der Waals surface area (Å²) in [5.74, 6) is 3.33. The van der Waals surface area contributed by atoms with Crippen molar-refractivity contribution in [1.29, 1.82) is 0 Å². The summed E-state index contributed by atoms with van der Waals surface area (Å²) in [6, 6.07) is 7.01. The predicted molar refractivity (Wildman–Crippen MR) is 84.7 cm³/mol. The summed E-state index contributed by atoms with van der Waals surface area (Å²) in [5.41, 5.74) is 7.17. The second-order valence-electron chi connectivity index (χ2n) is 5.44. The van der Waals surface area contributed by atoms with Gasteiger partial charge in [-0.05, 0) is 24.1 Å². The molecule has 1 heterocycles. The van der Waals surface area contributed by atoms with E-state index in [2.05, 4.69) is 14.6 Å². The maximum atomic E-state index is 12.1. The van der Waals surface area contributed by atoms with Crippen LogP contribution in [0.25, 0.3) is 0 Å². The number of nitrogens with two attached hydrogens (primary N) is 1. The average Bonchev–Trinajstić information content (AvgIpc) is 3.27. The van der Waals surface area contributed by atoms with E-state index in [1.807, 2.05) is 23.9 Å². The number of aliphatic imine (C=N–C) groups is 1. The molecule has 0 amide bonds. The van der Waals surface area contributed by atoms with Crippen molar-refractivity contribution >= 4 is 17.7 Å². The topological polar surface area (TPSA) is 50.9 Å². The van der Waals surface area contributed by atoms with Gasteiger partial charge >= 0.3 is 6.61 Å². The van der Waals surface area contributed by atoms with Crippen molar-refractivity contribution in [3.63, 3.8) is 0 Å². The van der Waals surface area contributed by atoms with Crippen molar-refractivity contribution in [2.45, 2.75) is 25.0 Å². The quantitative estimate of drug-likeness (QED) is 0.682. The molecule has 1 saturated carbocycles. The molecule has 0 unspecified atom stereocenters. The van der Waals surface area contributed by atoms with Gasteiger partial charge in [-0.15, -0.1) is 0 Å². The van der Waals surface area contributed by atoms with Crippen LogP contribution in [0.1, 0.15) is 17.9 Å². The minimum Gasteiger partial charge on any atom is -0.435 e. The van der Waals surface area contributed by atoms with E-state index in [1.54, 1.807) is 12.1 Å². The van der Waals surface area contributed by atoms with E-state index < -0.39 is 6.61 Å². The largest absolute Gasteiger partial charge is 0.435 e. The van der Waals surface area contributed by atoms with E-state index in [9.17, 15) is 8.78 Å². The molecule has 0 aromatic heterocycles. The standard InChI is InChI=1S/C15H19F2N3OS/c16-14(17)21-11-3-1-10(2-4-11)12-9-13(12)19-15(18)20-5-7-22-8-6-20/h1-4,12-14H,5-9H2,(H2,18,19)/t12-,13+/m0/s1. The van der Waals surface area contributed by atoms with Gasteiger partial charge in [-0.1, -0.05) is 12.1 Å². The third-order valence-electron chi connectivity index (χ3n) is 3.92. The molecular formula is C15H19F2N3OS. The fourth-order valence-corrected chi connectivity index (χ4v) is 3.53. The highest BCUT2D eigenvalue weighted by atomic mass is 32.2. The van der Waals surface area contributed by atoms with Gasteiger partial charge < -0.3 is 15.4 Å². The van der Waals surface area contributed by atoms with Gasteiger partial charge in [0.1, 0.15) is 5.75 Å². The molecule has 1 aliphatic heterocycles. The minimum atomic E-state index is -2.79. The lowest BCUT2D eigenvalue weighted by Crippen LogP contribution is -2.42. The Morgan fingerprint density at radius 2 is 1.95 bits per heavy atom. The Bertz CT molecular complexity index is 532. The Labute approximate surface area is 132 Å². The molecule has 0 radical (unpaired) electrons. The molecule has 2 atom stereocenters. The van der Waals surface area contributed by atoms with Crippen LogP contribution in [0, 0.1) is 0 Å². The second-order valence-corrected chi connectivity index (χ2v) is 6.67. The van der Waals surface area contributed by atoms with Crippen LogP contribution in [0.3, 0.4) is 0 Å². The highest BCUT2D eigenvalue weighted by Crippen LogP contribution is 2.44. The predicted octanol–water partition coefficient (Wildman–Crippen LogP) is 2.51. The highest BCUT2D eigenvalue weighted by molar-refractivity contribution is 7.99. The van der Waals surface area contributed by atoms with Gasteiger partial charge in [-0.25, -0.2) is 4.99 Å². The van der Waals surface area contributed by atoms with Crippen molar-refractivity contribution in [3.05, 3.63) is 29.8 Å². The normalized spacial score (nSPS) is 25.4. The summed E-state index contributed by atoms with van der Waals surface area (Å²) < 4.78 is 28.6. The SMILES string of the molecule is NC(=N[C@@H]1C[C@H]1c1ccc(OC(F)F)cc1)N1CCSCC1. The molecule has 120 valence electrons. The third kappa shape index (κ3) is 3.82. The Kier molecular flexibility index (Phi) is 4.71. The number of benzene rings is 1. The van der Waals surface area contributed by atoms with Crippen molar-refractivity contribution < 1.29 is 13.5 Å². The molecule has 1 aromatic rings. The van der Waals surface area contributed by atoms with Crippen LogP contribution in [0.2, 0.25) is 0 Å². The fraction of sp³-hybridized carbons (Fsp3) is 0.533. The van der Waals surface area contributed by atoms with Gasteiger partial charge in [0.25, 0.3) is 0 Å². The van der Waals surface area contributed by atoms with Crippen LogP contribution >= 0.6 is 11.8 Å². The van der Waals surface area contributed by atoms with Gasteiger partial charge in [0.05, 0.1) is 6.04 Å². The Morgan fingerprint density at radius 1 is 1.27 bits per heavy atom. The van der Waals surface area contributed by atoms with Crippen molar-refractivity contribution in [2.24, 2.45) is 10.7 Å². The number of hydrogen-bond acceptors (Lipinski definition) is 3. The zero-order chi connectivity index (χ0) is 15.5. The lowest BCUT2D eigenvalue weighted by molar-refractivity contribution is -0.0498. The summed E-state index contributed by atoms with van der Waals surface area (Å²) in [7, 11) is 0. The Morgan fingerprint density at radius 3 is 2.59 bits per heavy atom. The maximum absolute atomic E-state index is 12.1. The molecule has 1 saturated heterocycles. The van der Waals surface area contributed by atoms with E-state index >= 15 is 0 Å². The van der Waals surface area contributed by atoms with E-state index in [-0.39, 0.29) is 11.8 Å². The first kappa shape index (κ1) is 15.4. The molecule has 0 bridgehead atoms. The monoisotopic (exact) mass is 327 g/mol. The molecule has 2 fully saturated rings. The van der Waals surface area contributed by atoms with Crippen molar-refractivity contribution in [2.75, 3.05) is 24.6 Å². The summed E-state index contributed by atoms with van der Waals surface area (Å²) in [6.45, 7) is -0.875. The van der Waals surface area contributed by atoms with Crippen LogP contribution in [0.15, 0.2) is 29.3 Å². The summed E-state index contributed by atoms with van der Waals surface area (Å²) >= 11 is 1.94.